The van der Waals surface area contributed by atoms with Gasteiger partial charge in [0.2, 0.25) is 0 Å². The van der Waals surface area contributed by atoms with E-state index in [4.69, 9.17) is 9.47 Å². The van der Waals surface area contributed by atoms with Crippen LogP contribution in [0, 0.1) is 5.82 Å². The smallest absolute Gasteiger partial charge is 0.160 e. The first-order chi connectivity index (χ1) is 16.2. The number of hydrogen-bond donors (Lipinski definition) is 0. The number of benzene rings is 3. The van der Waals surface area contributed by atoms with Gasteiger partial charge in [0.15, 0.2) is 11.5 Å². The highest BCUT2D eigenvalue weighted by atomic mass is 19.1. The normalized spacial score (nSPS) is 15.8. The van der Waals surface area contributed by atoms with Crippen molar-refractivity contribution in [2.75, 3.05) is 46.9 Å². The van der Waals surface area contributed by atoms with Crippen molar-refractivity contribution < 1.29 is 13.9 Å². The molecule has 33 heavy (non-hydrogen) atoms. The van der Waals surface area contributed by atoms with E-state index < -0.39 is 0 Å². The van der Waals surface area contributed by atoms with E-state index in [-0.39, 0.29) is 11.9 Å². The van der Waals surface area contributed by atoms with E-state index in [1.54, 1.807) is 26.4 Å². The summed E-state index contributed by atoms with van der Waals surface area (Å²) in [5.74, 6) is 1.36. The zero-order valence-electron chi connectivity index (χ0n) is 19.5. The maximum atomic E-state index is 13.6. The number of halogens is 1. The zero-order valence-corrected chi connectivity index (χ0v) is 19.5. The fourth-order valence-electron chi connectivity index (χ4n) is 4.60. The topological polar surface area (TPSA) is 24.9 Å². The number of nitrogens with zero attached hydrogens (tertiary/aromatic N) is 2. The first kappa shape index (κ1) is 23.3. The summed E-state index contributed by atoms with van der Waals surface area (Å²) in [6.45, 7) is 5.07. The Kier molecular flexibility index (Phi) is 7.97. The van der Waals surface area contributed by atoms with Crippen LogP contribution < -0.4 is 9.47 Å². The molecular formula is C28H33FN2O2. The van der Waals surface area contributed by atoms with Gasteiger partial charge in [-0.15, -0.1) is 0 Å². The fraction of sp³-hybridized carbons (Fsp3) is 0.357. The summed E-state index contributed by atoms with van der Waals surface area (Å²) in [5, 5.41) is 0. The molecule has 5 heteroatoms. The van der Waals surface area contributed by atoms with Crippen molar-refractivity contribution in [3.8, 4) is 11.5 Å². The average molecular weight is 449 g/mol. The largest absolute Gasteiger partial charge is 0.493 e. The molecule has 0 aromatic heterocycles. The molecule has 1 heterocycles. The molecule has 0 amide bonds. The third-order valence-electron chi connectivity index (χ3n) is 6.54. The highest BCUT2D eigenvalue weighted by molar-refractivity contribution is 5.43. The number of methoxy groups -OCH3 is 2. The van der Waals surface area contributed by atoms with E-state index in [0.717, 1.165) is 57.1 Å². The second-order valence-electron chi connectivity index (χ2n) is 8.57. The van der Waals surface area contributed by atoms with Crippen molar-refractivity contribution in [2.45, 2.75) is 18.9 Å². The van der Waals surface area contributed by atoms with Gasteiger partial charge in [0.25, 0.3) is 0 Å². The molecule has 4 rings (SSSR count). The monoisotopic (exact) mass is 448 g/mol. The second-order valence-corrected chi connectivity index (χ2v) is 8.57. The van der Waals surface area contributed by atoms with Gasteiger partial charge in [-0.05, 0) is 53.8 Å². The molecule has 0 bridgehead atoms. The quantitative estimate of drug-likeness (QED) is 0.461. The lowest BCUT2D eigenvalue weighted by molar-refractivity contribution is 0.0960. The van der Waals surface area contributed by atoms with E-state index in [1.165, 1.54) is 16.7 Å². The van der Waals surface area contributed by atoms with Crippen LogP contribution in [0.1, 0.15) is 22.7 Å². The van der Waals surface area contributed by atoms with Crippen LogP contribution in [0.3, 0.4) is 0 Å². The van der Waals surface area contributed by atoms with Gasteiger partial charge in [-0.1, -0.05) is 48.5 Å². The summed E-state index contributed by atoms with van der Waals surface area (Å²) < 4.78 is 24.3. The second kappa shape index (κ2) is 11.3. The van der Waals surface area contributed by atoms with Gasteiger partial charge in [0.1, 0.15) is 5.82 Å². The Morgan fingerprint density at radius 3 is 2.15 bits per heavy atom. The minimum absolute atomic E-state index is 0.183. The Morgan fingerprint density at radius 1 is 0.788 bits per heavy atom. The van der Waals surface area contributed by atoms with Crippen molar-refractivity contribution in [1.29, 1.82) is 0 Å². The lowest BCUT2D eigenvalue weighted by Gasteiger charge is -2.39. The summed E-state index contributed by atoms with van der Waals surface area (Å²) in [6.07, 6.45) is 1.91. The van der Waals surface area contributed by atoms with Gasteiger partial charge in [-0.25, -0.2) is 4.39 Å². The van der Waals surface area contributed by atoms with Gasteiger partial charge >= 0.3 is 0 Å². The standard InChI is InChI=1S/C28H33FN2O2/c1-32-27-13-8-23(21-28(27)33-2)14-15-30-16-18-31(19-17-30)26(20-22-6-4-3-5-7-22)24-9-11-25(29)12-10-24/h3-13,21,26H,14-20H2,1-2H3. The van der Waals surface area contributed by atoms with Gasteiger partial charge in [-0.2, -0.15) is 0 Å². The lowest BCUT2D eigenvalue weighted by Crippen LogP contribution is -2.48. The number of hydrogen-bond acceptors (Lipinski definition) is 4. The van der Waals surface area contributed by atoms with Crippen LogP contribution in [0.25, 0.3) is 0 Å². The van der Waals surface area contributed by atoms with Crippen LogP contribution in [-0.4, -0.2) is 56.7 Å². The molecule has 1 saturated heterocycles. The van der Waals surface area contributed by atoms with Crippen LogP contribution in [-0.2, 0) is 12.8 Å². The first-order valence-electron chi connectivity index (χ1n) is 11.6. The molecule has 0 radical (unpaired) electrons. The van der Waals surface area contributed by atoms with Gasteiger partial charge in [0, 0.05) is 38.8 Å². The molecule has 1 aliphatic heterocycles. The number of piperazine rings is 1. The third-order valence-corrected chi connectivity index (χ3v) is 6.54. The first-order valence-corrected chi connectivity index (χ1v) is 11.6. The van der Waals surface area contributed by atoms with E-state index >= 15 is 0 Å². The highest BCUT2D eigenvalue weighted by Gasteiger charge is 2.25. The lowest BCUT2D eigenvalue weighted by atomic mass is 9.96. The van der Waals surface area contributed by atoms with Crippen LogP contribution in [0.4, 0.5) is 4.39 Å². The van der Waals surface area contributed by atoms with Crippen molar-refractivity contribution in [2.24, 2.45) is 0 Å². The predicted molar refractivity (Wildman–Crippen MR) is 131 cm³/mol. The molecule has 3 aromatic rings. The average Bonchev–Trinajstić information content (AvgIpc) is 2.87. The molecule has 1 aliphatic rings. The van der Waals surface area contributed by atoms with Crippen molar-refractivity contribution in [3.63, 3.8) is 0 Å². The Morgan fingerprint density at radius 2 is 1.48 bits per heavy atom. The predicted octanol–water partition coefficient (Wildman–Crippen LogP) is 4.99. The van der Waals surface area contributed by atoms with Crippen molar-refractivity contribution in [3.05, 3.63) is 95.3 Å². The van der Waals surface area contributed by atoms with E-state index in [0.29, 0.717) is 0 Å². The van der Waals surface area contributed by atoms with E-state index in [1.807, 2.05) is 24.3 Å². The SMILES string of the molecule is COc1ccc(CCN2CCN(C(Cc3ccccc3)c3ccc(F)cc3)CC2)cc1OC. The minimum Gasteiger partial charge on any atom is -0.493 e. The van der Waals surface area contributed by atoms with Crippen LogP contribution >= 0.6 is 0 Å². The highest BCUT2D eigenvalue weighted by Crippen LogP contribution is 2.29. The summed E-state index contributed by atoms with van der Waals surface area (Å²) >= 11 is 0. The van der Waals surface area contributed by atoms with Crippen LogP contribution in [0.5, 0.6) is 11.5 Å². The Bertz CT molecular complexity index is 1000. The molecule has 0 aliphatic carbocycles. The number of rotatable bonds is 9. The maximum absolute atomic E-state index is 13.6. The van der Waals surface area contributed by atoms with Gasteiger partial charge in [0.05, 0.1) is 14.2 Å². The number of ether oxygens (including phenoxy) is 2. The molecule has 3 aromatic carbocycles. The maximum Gasteiger partial charge on any atom is 0.160 e. The van der Waals surface area contributed by atoms with E-state index in [9.17, 15) is 4.39 Å². The summed E-state index contributed by atoms with van der Waals surface area (Å²) in [6, 6.07) is 24.0. The molecule has 1 atom stereocenters. The molecule has 1 unspecified atom stereocenters. The third kappa shape index (κ3) is 6.12. The van der Waals surface area contributed by atoms with Crippen molar-refractivity contribution >= 4 is 0 Å². The summed E-state index contributed by atoms with van der Waals surface area (Å²) in [4.78, 5) is 5.07. The Labute approximate surface area is 196 Å². The van der Waals surface area contributed by atoms with E-state index in [2.05, 4.69) is 46.2 Å². The minimum atomic E-state index is -0.183. The summed E-state index contributed by atoms with van der Waals surface area (Å²) in [5.41, 5.74) is 3.74. The van der Waals surface area contributed by atoms with Crippen LogP contribution in [0.15, 0.2) is 72.8 Å². The molecule has 174 valence electrons. The molecular weight excluding hydrogens is 415 g/mol. The van der Waals surface area contributed by atoms with Gasteiger partial charge < -0.3 is 14.4 Å². The molecule has 0 N–H and O–H groups in total. The Balaban J connectivity index is 1.37. The molecule has 0 spiro atoms. The van der Waals surface area contributed by atoms with Gasteiger partial charge in [-0.3, -0.25) is 4.90 Å². The Hall–Kier alpha value is -2.89. The fourth-order valence-corrected chi connectivity index (χ4v) is 4.60. The van der Waals surface area contributed by atoms with Crippen LogP contribution in [0.2, 0.25) is 0 Å². The zero-order chi connectivity index (χ0) is 23.0. The van der Waals surface area contributed by atoms with Crippen molar-refractivity contribution in [1.82, 2.24) is 9.80 Å². The molecule has 1 fully saturated rings. The molecule has 4 nitrogen and oxygen atoms in total. The molecule has 0 saturated carbocycles. The summed E-state index contributed by atoms with van der Waals surface area (Å²) in [7, 11) is 3.34.